The molecule has 6 heteroatoms. The molecule has 0 fully saturated rings. The SMILES string of the molecule is CC(C)(C(=O)Nc1cccc(OCC(=O)O)c1)c1cccs1. The van der Waals surface area contributed by atoms with Gasteiger partial charge in [-0.25, -0.2) is 4.79 Å². The molecule has 1 aromatic carbocycles. The quantitative estimate of drug-likeness (QED) is 0.858. The van der Waals surface area contributed by atoms with Gasteiger partial charge in [-0.3, -0.25) is 4.79 Å². The average Bonchev–Trinajstić information content (AvgIpc) is 3.00. The Morgan fingerprint density at radius 1 is 1.27 bits per heavy atom. The second-order valence-corrected chi connectivity index (χ2v) is 6.21. The number of hydrogen-bond acceptors (Lipinski definition) is 4. The van der Waals surface area contributed by atoms with Crippen molar-refractivity contribution in [3.8, 4) is 5.75 Å². The van der Waals surface area contributed by atoms with Crippen molar-refractivity contribution < 1.29 is 19.4 Å². The number of ether oxygens (including phenoxy) is 1. The van der Waals surface area contributed by atoms with Crippen LogP contribution in [-0.2, 0) is 15.0 Å². The smallest absolute Gasteiger partial charge is 0.341 e. The second kappa shape index (κ2) is 6.62. The topological polar surface area (TPSA) is 75.6 Å². The van der Waals surface area contributed by atoms with E-state index in [2.05, 4.69) is 5.32 Å². The largest absolute Gasteiger partial charge is 0.482 e. The molecular formula is C16H17NO4S. The number of aliphatic carboxylic acids is 1. The number of anilines is 1. The van der Waals surface area contributed by atoms with Crippen LogP contribution in [0.4, 0.5) is 5.69 Å². The van der Waals surface area contributed by atoms with Crippen LogP contribution in [0.3, 0.4) is 0 Å². The third-order valence-corrected chi connectivity index (χ3v) is 4.35. The van der Waals surface area contributed by atoms with Crippen molar-refractivity contribution in [3.05, 3.63) is 46.7 Å². The molecule has 22 heavy (non-hydrogen) atoms. The summed E-state index contributed by atoms with van der Waals surface area (Å²) >= 11 is 1.53. The van der Waals surface area contributed by atoms with Gasteiger partial charge >= 0.3 is 5.97 Å². The molecule has 2 aromatic rings. The van der Waals surface area contributed by atoms with Crippen LogP contribution >= 0.6 is 11.3 Å². The number of carbonyl (C=O) groups excluding carboxylic acids is 1. The van der Waals surface area contributed by atoms with Crippen LogP contribution < -0.4 is 10.1 Å². The molecule has 2 N–H and O–H groups in total. The van der Waals surface area contributed by atoms with Crippen LogP contribution in [0.2, 0.25) is 0 Å². The van der Waals surface area contributed by atoms with E-state index in [1.165, 1.54) is 11.3 Å². The van der Waals surface area contributed by atoms with Crippen LogP contribution in [0.15, 0.2) is 41.8 Å². The summed E-state index contributed by atoms with van der Waals surface area (Å²) in [6, 6.07) is 10.5. The van der Waals surface area contributed by atoms with Crippen LogP contribution in [-0.4, -0.2) is 23.6 Å². The first-order valence-corrected chi connectivity index (χ1v) is 7.57. The van der Waals surface area contributed by atoms with Crippen LogP contribution in [0, 0.1) is 0 Å². The van der Waals surface area contributed by atoms with E-state index in [-0.39, 0.29) is 5.91 Å². The fourth-order valence-electron chi connectivity index (χ4n) is 1.84. The Hall–Kier alpha value is -2.34. The fraction of sp³-hybridized carbons (Fsp3) is 0.250. The molecule has 0 atom stereocenters. The minimum atomic E-state index is -1.05. The van der Waals surface area contributed by atoms with E-state index in [0.717, 1.165) is 4.88 Å². The molecule has 5 nitrogen and oxygen atoms in total. The Kier molecular flexibility index (Phi) is 4.82. The molecule has 0 radical (unpaired) electrons. The maximum absolute atomic E-state index is 12.5. The first-order valence-electron chi connectivity index (χ1n) is 6.69. The molecule has 0 saturated carbocycles. The lowest BCUT2D eigenvalue weighted by Gasteiger charge is -2.22. The van der Waals surface area contributed by atoms with Gasteiger partial charge in [-0.05, 0) is 37.4 Å². The first-order chi connectivity index (χ1) is 10.4. The molecule has 0 bridgehead atoms. The standard InChI is InChI=1S/C16H17NO4S/c1-16(2,13-7-4-8-22-13)15(20)17-11-5-3-6-12(9-11)21-10-14(18)19/h3-9H,10H2,1-2H3,(H,17,20)(H,18,19). The normalized spacial score (nSPS) is 11.0. The predicted octanol–water partition coefficient (Wildman–Crippen LogP) is 3.13. The van der Waals surface area contributed by atoms with E-state index in [9.17, 15) is 9.59 Å². The van der Waals surface area contributed by atoms with Crippen molar-refractivity contribution in [2.24, 2.45) is 0 Å². The van der Waals surface area contributed by atoms with Crippen LogP contribution in [0.1, 0.15) is 18.7 Å². The Morgan fingerprint density at radius 3 is 2.68 bits per heavy atom. The highest BCUT2D eigenvalue weighted by Crippen LogP contribution is 2.29. The molecule has 0 spiro atoms. The summed E-state index contributed by atoms with van der Waals surface area (Å²) in [5.74, 6) is -0.785. The number of carboxylic acids is 1. The monoisotopic (exact) mass is 319 g/mol. The summed E-state index contributed by atoms with van der Waals surface area (Å²) in [6.07, 6.45) is 0. The summed E-state index contributed by atoms with van der Waals surface area (Å²) < 4.78 is 5.10. The minimum absolute atomic E-state index is 0.134. The molecule has 0 aliphatic heterocycles. The van der Waals surface area contributed by atoms with Gasteiger partial charge in [-0.2, -0.15) is 0 Å². The highest BCUT2D eigenvalue weighted by molar-refractivity contribution is 7.10. The average molecular weight is 319 g/mol. The van der Waals surface area contributed by atoms with E-state index in [1.807, 2.05) is 31.4 Å². The molecule has 116 valence electrons. The van der Waals surface area contributed by atoms with E-state index < -0.39 is 18.0 Å². The van der Waals surface area contributed by atoms with Gasteiger partial charge in [0.25, 0.3) is 0 Å². The minimum Gasteiger partial charge on any atom is -0.482 e. The van der Waals surface area contributed by atoms with Gasteiger partial charge in [0.2, 0.25) is 5.91 Å². The number of nitrogens with one attached hydrogen (secondary N) is 1. The van der Waals surface area contributed by atoms with Gasteiger partial charge in [0, 0.05) is 16.6 Å². The Bertz CT molecular complexity index is 665. The number of carbonyl (C=O) groups is 2. The van der Waals surface area contributed by atoms with Crippen molar-refractivity contribution >= 4 is 28.9 Å². The Balaban J connectivity index is 2.08. The summed E-state index contributed by atoms with van der Waals surface area (Å²) in [5.41, 5.74) is -0.0796. The third-order valence-electron chi connectivity index (χ3n) is 3.16. The molecule has 1 heterocycles. The Labute approximate surface area is 132 Å². The third kappa shape index (κ3) is 3.85. The van der Waals surface area contributed by atoms with Gasteiger partial charge in [0.1, 0.15) is 5.75 Å². The second-order valence-electron chi connectivity index (χ2n) is 5.27. The number of amides is 1. The summed E-state index contributed by atoms with van der Waals surface area (Å²) in [7, 11) is 0. The Morgan fingerprint density at radius 2 is 2.05 bits per heavy atom. The lowest BCUT2D eigenvalue weighted by molar-refractivity contribution is -0.139. The van der Waals surface area contributed by atoms with E-state index in [0.29, 0.717) is 11.4 Å². The zero-order chi connectivity index (χ0) is 16.2. The van der Waals surface area contributed by atoms with Crippen LogP contribution in [0.5, 0.6) is 5.75 Å². The molecular weight excluding hydrogens is 302 g/mol. The summed E-state index contributed by atoms with van der Waals surface area (Å²) in [6.45, 7) is 3.30. The van der Waals surface area contributed by atoms with E-state index >= 15 is 0 Å². The number of rotatable bonds is 6. The van der Waals surface area contributed by atoms with Crippen molar-refractivity contribution in [1.82, 2.24) is 0 Å². The van der Waals surface area contributed by atoms with Gasteiger partial charge in [0.15, 0.2) is 6.61 Å². The highest BCUT2D eigenvalue weighted by atomic mass is 32.1. The maximum Gasteiger partial charge on any atom is 0.341 e. The van der Waals surface area contributed by atoms with Crippen molar-refractivity contribution in [2.45, 2.75) is 19.3 Å². The molecule has 0 saturated heterocycles. The fourth-order valence-corrected chi connectivity index (χ4v) is 2.69. The van der Waals surface area contributed by atoms with Crippen molar-refractivity contribution in [1.29, 1.82) is 0 Å². The summed E-state index contributed by atoms with van der Waals surface area (Å²) in [5, 5.41) is 13.4. The molecule has 0 aliphatic rings. The number of hydrogen-bond donors (Lipinski definition) is 2. The molecule has 1 amide bonds. The van der Waals surface area contributed by atoms with Crippen molar-refractivity contribution in [2.75, 3.05) is 11.9 Å². The van der Waals surface area contributed by atoms with E-state index in [4.69, 9.17) is 9.84 Å². The number of carboxylic acid groups (broad SMARTS) is 1. The lowest BCUT2D eigenvalue weighted by atomic mass is 9.90. The predicted molar refractivity (Wildman–Crippen MR) is 85.5 cm³/mol. The summed E-state index contributed by atoms with van der Waals surface area (Å²) in [4.78, 5) is 24.0. The van der Waals surface area contributed by atoms with E-state index in [1.54, 1.807) is 24.3 Å². The molecule has 0 aliphatic carbocycles. The molecule has 2 rings (SSSR count). The maximum atomic E-state index is 12.5. The molecule has 1 aromatic heterocycles. The van der Waals surface area contributed by atoms with Crippen molar-refractivity contribution in [3.63, 3.8) is 0 Å². The number of thiophene rings is 1. The lowest BCUT2D eigenvalue weighted by Crippen LogP contribution is -2.33. The van der Waals surface area contributed by atoms with Gasteiger partial charge in [-0.15, -0.1) is 11.3 Å². The zero-order valence-corrected chi connectivity index (χ0v) is 13.1. The van der Waals surface area contributed by atoms with Gasteiger partial charge < -0.3 is 15.2 Å². The highest BCUT2D eigenvalue weighted by Gasteiger charge is 2.30. The molecule has 0 unspecified atom stereocenters. The van der Waals surface area contributed by atoms with Crippen LogP contribution in [0.25, 0.3) is 0 Å². The van der Waals surface area contributed by atoms with Gasteiger partial charge in [-0.1, -0.05) is 12.1 Å². The number of benzene rings is 1. The zero-order valence-electron chi connectivity index (χ0n) is 12.3. The van der Waals surface area contributed by atoms with Gasteiger partial charge in [0.05, 0.1) is 5.41 Å². The first kappa shape index (κ1) is 16.0.